The first-order chi connectivity index (χ1) is 7.54. The molecule has 16 heavy (non-hydrogen) atoms. The summed E-state index contributed by atoms with van der Waals surface area (Å²) in [6.07, 6.45) is -1.22. The molecule has 0 spiro atoms. The van der Waals surface area contributed by atoms with Crippen LogP contribution in [0.3, 0.4) is 0 Å². The SMILES string of the molecule is CCO[C@H]1CN(C(=O)CCC(=O)O)C[C@H]1O. The van der Waals surface area contributed by atoms with Gasteiger partial charge in [0.1, 0.15) is 6.10 Å². The number of hydrogen-bond acceptors (Lipinski definition) is 4. The van der Waals surface area contributed by atoms with Crippen LogP contribution < -0.4 is 0 Å². The maximum atomic E-state index is 11.5. The molecule has 0 saturated carbocycles. The molecule has 1 fully saturated rings. The zero-order valence-corrected chi connectivity index (χ0v) is 9.26. The highest BCUT2D eigenvalue weighted by Crippen LogP contribution is 2.15. The van der Waals surface area contributed by atoms with E-state index in [4.69, 9.17) is 9.84 Å². The van der Waals surface area contributed by atoms with Crippen LogP contribution in [0, 0.1) is 0 Å². The molecule has 0 bridgehead atoms. The van der Waals surface area contributed by atoms with Gasteiger partial charge in [-0.05, 0) is 6.92 Å². The lowest BCUT2D eigenvalue weighted by Crippen LogP contribution is -2.30. The number of aliphatic hydroxyl groups excluding tert-OH is 1. The van der Waals surface area contributed by atoms with Gasteiger partial charge in [-0.2, -0.15) is 0 Å². The van der Waals surface area contributed by atoms with Crippen molar-refractivity contribution in [3.63, 3.8) is 0 Å². The summed E-state index contributed by atoms with van der Waals surface area (Å²) in [6, 6.07) is 0. The maximum Gasteiger partial charge on any atom is 0.303 e. The van der Waals surface area contributed by atoms with Crippen molar-refractivity contribution < 1.29 is 24.5 Å². The van der Waals surface area contributed by atoms with Crippen LogP contribution in [0.2, 0.25) is 0 Å². The van der Waals surface area contributed by atoms with Gasteiger partial charge in [-0.3, -0.25) is 9.59 Å². The second-order valence-corrected chi connectivity index (χ2v) is 3.75. The van der Waals surface area contributed by atoms with E-state index < -0.39 is 12.1 Å². The third kappa shape index (κ3) is 3.46. The van der Waals surface area contributed by atoms with Gasteiger partial charge in [-0.1, -0.05) is 0 Å². The summed E-state index contributed by atoms with van der Waals surface area (Å²) in [5.74, 6) is -1.24. The second-order valence-electron chi connectivity index (χ2n) is 3.75. The van der Waals surface area contributed by atoms with Gasteiger partial charge in [-0.25, -0.2) is 0 Å². The number of aliphatic carboxylic acids is 1. The van der Waals surface area contributed by atoms with Crippen LogP contribution in [0.1, 0.15) is 19.8 Å². The van der Waals surface area contributed by atoms with E-state index in [1.54, 1.807) is 0 Å². The molecule has 1 saturated heterocycles. The molecule has 0 aromatic carbocycles. The lowest BCUT2D eigenvalue weighted by molar-refractivity contribution is -0.140. The summed E-state index contributed by atoms with van der Waals surface area (Å²) in [5, 5.41) is 18.0. The summed E-state index contributed by atoms with van der Waals surface area (Å²) in [6.45, 7) is 2.87. The van der Waals surface area contributed by atoms with Crippen molar-refractivity contribution >= 4 is 11.9 Å². The fourth-order valence-electron chi connectivity index (χ4n) is 1.71. The molecule has 1 amide bonds. The molecule has 0 radical (unpaired) electrons. The number of amides is 1. The molecule has 2 N–H and O–H groups in total. The minimum Gasteiger partial charge on any atom is -0.481 e. The summed E-state index contributed by atoms with van der Waals surface area (Å²) < 4.78 is 5.26. The Bertz CT molecular complexity index is 268. The molecule has 0 aromatic heterocycles. The third-order valence-electron chi connectivity index (χ3n) is 2.52. The zero-order valence-electron chi connectivity index (χ0n) is 9.26. The molecule has 6 nitrogen and oxygen atoms in total. The van der Waals surface area contributed by atoms with E-state index in [0.29, 0.717) is 13.2 Å². The van der Waals surface area contributed by atoms with Crippen LogP contribution in [0.5, 0.6) is 0 Å². The normalized spacial score (nSPS) is 24.8. The fourth-order valence-corrected chi connectivity index (χ4v) is 1.71. The van der Waals surface area contributed by atoms with Crippen molar-refractivity contribution in [3.05, 3.63) is 0 Å². The molecule has 92 valence electrons. The number of hydrogen-bond donors (Lipinski definition) is 2. The van der Waals surface area contributed by atoms with Crippen molar-refractivity contribution in [2.24, 2.45) is 0 Å². The third-order valence-corrected chi connectivity index (χ3v) is 2.52. The van der Waals surface area contributed by atoms with Crippen LogP contribution in [0.15, 0.2) is 0 Å². The summed E-state index contributed by atoms with van der Waals surface area (Å²) in [5.41, 5.74) is 0. The van der Waals surface area contributed by atoms with Crippen LogP contribution >= 0.6 is 0 Å². The number of carbonyl (C=O) groups is 2. The van der Waals surface area contributed by atoms with Crippen LogP contribution in [0.4, 0.5) is 0 Å². The smallest absolute Gasteiger partial charge is 0.303 e. The Kier molecular flexibility index (Phi) is 4.70. The molecule has 0 aliphatic carbocycles. The van der Waals surface area contributed by atoms with Gasteiger partial charge in [-0.15, -0.1) is 0 Å². The predicted octanol–water partition coefficient (Wildman–Crippen LogP) is -0.541. The number of carbonyl (C=O) groups excluding carboxylic acids is 1. The number of aliphatic hydroxyl groups is 1. The minimum atomic E-state index is -0.991. The van der Waals surface area contributed by atoms with Crippen LogP contribution in [-0.4, -0.2) is 58.9 Å². The Morgan fingerprint density at radius 1 is 1.38 bits per heavy atom. The minimum absolute atomic E-state index is 0.0269. The average Bonchev–Trinajstić information content (AvgIpc) is 2.57. The van der Waals surface area contributed by atoms with Crippen LogP contribution in [-0.2, 0) is 14.3 Å². The van der Waals surface area contributed by atoms with E-state index >= 15 is 0 Å². The largest absolute Gasteiger partial charge is 0.481 e. The fraction of sp³-hybridized carbons (Fsp3) is 0.800. The molecular weight excluding hydrogens is 214 g/mol. The van der Waals surface area contributed by atoms with Gasteiger partial charge in [0.15, 0.2) is 0 Å². The topological polar surface area (TPSA) is 87.1 Å². The van der Waals surface area contributed by atoms with Gasteiger partial charge in [0.2, 0.25) is 5.91 Å². The first-order valence-electron chi connectivity index (χ1n) is 5.33. The van der Waals surface area contributed by atoms with Crippen LogP contribution in [0.25, 0.3) is 0 Å². The highest BCUT2D eigenvalue weighted by molar-refractivity contribution is 5.81. The van der Waals surface area contributed by atoms with E-state index in [1.165, 1.54) is 4.90 Å². The Balaban J connectivity index is 2.39. The van der Waals surface area contributed by atoms with Crippen molar-refractivity contribution in [1.82, 2.24) is 4.90 Å². The van der Waals surface area contributed by atoms with Gasteiger partial charge in [0.05, 0.1) is 12.5 Å². The Morgan fingerprint density at radius 2 is 2.06 bits per heavy atom. The molecule has 2 atom stereocenters. The Labute approximate surface area is 93.8 Å². The first-order valence-corrected chi connectivity index (χ1v) is 5.33. The second kappa shape index (κ2) is 5.81. The van der Waals surface area contributed by atoms with Crippen molar-refractivity contribution in [3.8, 4) is 0 Å². The number of likely N-dealkylation sites (tertiary alicyclic amines) is 1. The molecule has 0 aromatic rings. The predicted molar refractivity (Wildman–Crippen MR) is 54.9 cm³/mol. The Morgan fingerprint density at radius 3 is 2.62 bits per heavy atom. The molecule has 1 aliphatic heterocycles. The molecule has 6 heteroatoms. The molecule has 1 aliphatic rings. The highest BCUT2D eigenvalue weighted by atomic mass is 16.5. The molecular formula is C10H17NO5. The standard InChI is InChI=1S/C10H17NO5/c1-2-16-8-6-11(5-7(8)12)9(13)3-4-10(14)15/h7-8,12H,2-6H2,1H3,(H,14,15)/t7-,8+/m1/s1. The summed E-state index contributed by atoms with van der Waals surface area (Å²) in [4.78, 5) is 23.3. The molecule has 1 rings (SSSR count). The van der Waals surface area contributed by atoms with Crippen molar-refractivity contribution in [2.75, 3.05) is 19.7 Å². The lowest BCUT2D eigenvalue weighted by atomic mass is 10.3. The van der Waals surface area contributed by atoms with E-state index in [0.717, 1.165) is 0 Å². The van der Waals surface area contributed by atoms with E-state index in [-0.39, 0.29) is 31.4 Å². The average molecular weight is 231 g/mol. The number of nitrogens with zero attached hydrogens (tertiary/aromatic N) is 1. The van der Waals surface area contributed by atoms with Gasteiger partial charge in [0.25, 0.3) is 0 Å². The van der Waals surface area contributed by atoms with E-state index in [1.807, 2.05) is 6.92 Å². The number of rotatable bonds is 5. The molecule has 0 unspecified atom stereocenters. The summed E-state index contributed by atoms with van der Waals surface area (Å²) in [7, 11) is 0. The van der Waals surface area contributed by atoms with E-state index in [2.05, 4.69) is 0 Å². The maximum absolute atomic E-state index is 11.5. The van der Waals surface area contributed by atoms with E-state index in [9.17, 15) is 14.7 Å². The number of carboxylic acid groups (broad SMARTS) is 1. The van der Waals surface area contributed by atoms with Gasteiger partial charge < -0.3 is 19.8 Å². The Hall–Kier alpha value is -1.14. The monoisotopic (exact) mass is 231 g/mol. The number of carboxylic acids is 1. The summed E-state index contributed by atoms with van der Waals surface area (Å²) >= 11 is 0. The zero-order chi connectivity index (χ0) is 12.1. The number of β-amino-alcohol motifs (C(OH)–C–C–N with tert-alkyl or cyclic N) is 1. The first kappa shape index (κ1) is 12.9. The van der Waals surface area contributed by atoms with Crippen molar-refractivity contribution in [2.45, 2.75) is 32.0 Å². The van der Waals surface area contributed by atoms with Gasteiger partial charge >= 0.3 is 5.97 Å². The van der Waals surface area contributed by atoms with Gasteiger partial charge in [0, 0.05) is 26.1 Å². The number of ether oxygens (including phenoxy) is 1. The van der Waals surface area contributed by atoms with Crippen molar-refractivity contribution in [1.29, 1.82) is 0 Å². The lowest BCUT2D eigenvalue weighted by Gasteiger charge is -2.15. The molecule has 1 heterocycles. The quantitative estimate of drug-likeness (QED) is 0.663. The highest BCUT2D eigenvalue weighted by Gasteiger charge is 2.34.